The molecule has 116 valence electrons. The first-order valence-corrected chi connectivity index (χ1v) is 6.72. The van der Waals surface area contributed by atoms with Gasteiger partial charge in [-0.15, -0.1) is 0 Å². The number of hydrogen-bond donors (Lipinski definition) is 1. The number of carbonyl (C=O) groups is 1. The molecule has 1 N–H and O–H groups in total. The SMILES string of the molecule is COc1ccc(C(=O)Nc2ccc(N(C)C)nc2)c(OC)c1. The standard InChI is InChI=1S/C16H19N3O3/c1-19(2)15-8-5-11(10-17-15)18-16(20)13-7-6-12(21-3)9-14(13)22-4/h5-10H,1-4H3,(H,18,20). The van der Waals surface area contributed by atoms with E-state index in [1.165, 1.54) is 7.11 Å². The summed E-state index contributed by atoms with van der Waals surface area (Å²) in [6.07, 6.45) is 1.61. The molecule has 1 amide bonds. The highest BCUT2D eigenvalue weighted by Crippen LogP contribution is 2.25. The fourth-order valence-corrected chi connectivity index (χ4v) is 1.91. The molecule has 0 spiro atoms. The topological polar surface area (TPSA) is 63.7 Å². The van der Waals surface area contributed by atoms with E-state index in [2.05, 4.69) is 10.3 Å². The molecular weight excluding hydrogens is 282 g/mol. The molecule has 0 saturated carbocycles. The second-order valence-electron chi connectivity index (χ2n) is 4.82. The van der Waals surface area contributed by atoms with Crippen LogP contribution in [0.4, 0.5) is 11.5 Å². The lowest BCUT2D eigenvalue weighted by atomic mass is 10.1. The average molecular weight is 301 g/mol. The van der Waals surface area contributed by atoms with Crippen LogP contribution in [-0.4, -0.2) is 39.2 Å². The van der Waals surface area contributed by atoms with Crippen molar-refractivity contribution >= 4 is 17.4 Å². The molecule has 0 aliphatic heterocycles. The maximum Gasteiger partial charge on any atom is 0.259 e. The van der Waals surface area contributed by atoms with Crippen LogP contribution in [0.1, 0.15) is 10.4 Å². The normalized spacial score (nSPS) is 10.0. The first-order valence-electron chi connectivity index (χ1n) is 6.72. The molecule has 0 aliphatic rings. The quantitative estimate of drug-likeness (QED) is 0.919. The summed E-state index contributed by atoms with van der Waals surface area (Å²) in [6.45, 7) is 0. The van der Waals surface area contributed by atoms with Gasteiger partial charge in [-0.3, -0.25) is 4.79 Å². The lowest BCUT2D eigenvalue weighted by Gasteiger charge is -2.13. The molecule has 0 unspecified atom stereocenters. The Labute approximate surface area is 129 Å². The van der Waals surface area contributed by atoms with Crippen LogP contribution in [0.3, 0.4) is 0 Å². The smallest absolute Gasteiger partial charge is 0.259 e. The lowest BCUT2D eigenvalue weighted by molar-refractivity contribution is 0.102. The summed E-state index contributed by atoms with van der Waals surface area (Å²) in [5.74, 6) is 1.64. The van der Waals surface area contributed by atoms with Crippen LogP contribution >= 0.6 is 0 Å². The maximum absolute atomic E-state index is 12.3. The summed E-state index contributed by atoms with van der Waals surface area (Å²) in [6, 6.07) is 8.68. The Morgan fingerprint density at radius 3 is 2.45 bits per heavy atom. The summed E-state index contributed by atoms with van der Waals surface area (Å²) >= 11 is 0. The molecule has 0 atom stereocenters. The third kappa shape index (κ3) is 3.46. The Morgan fingerprint density at radius 1 is 1.14 bits per heavy atom. The average Bonchev–Trinajstić information content (AvgIpc) is 2.54. The van der Waals surface area contributed by atoms with Gasteiger partial charge in [0.15, 0.2) is 0 Å². The predicted molar refractivity (Wildman–Crippen MR) is 86.1 cm³/mol. The Balaban J connectivity index is 2.18. The molecule has 6 nitrogen and oxygen atoms in total. The van der Waals surface area contributed by atoms with Crippen LogP contribution in [0, 0.1) is 0 Å². The summed E-state index contributed by atoms with van der Waals surface area (Å²) in [4.78, 5) is 18.5. The van der Waals surface area contributed by atoms with Crippen LogP contribution < -0.4 is 19.7 Å². The van der Waals surface area contributed by atoms with E-state index in [-0.39, 0.29) is 5.91 Å². The molecule has 6 heteroatoms. The first-order chi connectivity index (χ1) is 10.5. The molecule has 0 aliphatic carbocycles. The van der Waals surface area contributed by atoms with Gasteiger partial charge in [0, 0.05) is 20.2 Å². The zero-order chi connectivity index (χ0) is 16.1. The number of carbonyl (C=O) groups excluding carboxylic acids is 1. The second-order valence-corrected chi connectivity index (χ2v) is 4.82. The van der Waals surface area contributed by atoms with E-state index < -0.39 is 0 Å². The van der Waals surface area contributed by atoms with Crippen molar-refractivity contribution in [1.82, 2.24) is 4.98 Å². The van der Waals surface area contributed by atoms with Gasteiger partial charge < -0.3 is 19.7 Å². The number of nitrogens with zero attached hydrogens (tertiary/aromatic N) is 2. The fourth-order valence-electron chi connectivity index (χ4n) is 1.91. The first kappa shape index (κ1) is 15.6. The van der Waals surface area contributed by atoms with Crippen molar-refractivity contribution in [3.8, 4) is 11.5 Å². The Kier molecular flexibility index (Phi) is 4.83. The number of rotatable bonds is 5. The molecule has 2 rings (SSSR count). The van der Waals surface area contributed by atoms with Crippen molar-refractivity contribution in [3.05, 3.63) is 42.1 Å². The van der Waals surface area contributed by atoms with Gasteiger partial charge in [-0.2, -0.15) is 0 Å². The van der Waals surface area contributed by atoms with Crippen molar-refractivity contribution in [2.45, 2.75) is 0 Å². The highest BCUT2D eigenvalue weighted by atomic mass is 16.5. The van der Waals surface area contributed by atoms with Crippen molar-refractivity contribution in [3.63, 3.8) is 0 Å². The Bertz CT molecular complexity index is 654. The van der Waals surface area contributed by atoms with Crippen LogP contribution in [-0.2, 0) is 0 Å². The maximum atomic E-state index is 12.3. The number of aromatic nitrogens is 1. The van der Waals surface area contributed by atoms with E-state index in [0.717, 1.165) is 5.82 Å². The summed E-state index contributed by atoms with van der Waals surface area (Å²) < 4.78 is 10.4. The van der Waals surface area contributed by atoms with Gasteiger partial charge >= 0.3 is 0 Å². The molecule has 1 heterocycles. The molecule has 1 aromatic heterocycles. The van der Waals surface area contributed by atoms with Gasteiger partial charge in [-0.1, -0.05) is 0 Å². The summed E-state index contributed by atoms with van der Waals surface area (Å²) in [5, 5.41) is 2.80. The molecule has 1 aromatic carbocycles. The van der Waals surface area contributed by atoms with E-state index in [0.29, 0.717) is 22.7 Å². The van der Waals surface area contributed by atoms with E-state index in [4.69, 9.17) is 9.47 Å². The highest BCUT2D eigenvalue weighted by molar-refractivity contribution is 6.06. The van der Waals surface area contributed by atoms with Crippen molar-refractivity contribution < 1.29 is 14.3 Å². The second kappa shape index (κ2) is 6.80. The van der Waals surface area contributed by atoms with Gasteiger partial charge in [0.1, 0.15) is 17.3 Å². The highest BCUT2D eigenvalue weighted by Gasteiger charge is 2.13. The lowest BCUT2D eigenvalue weighted by Crippen LogP contribution is -2.14. The molecule has 0 saturated heterocycles. The monoisotopic (exact) mass is 301 g/mol. The molecular formula is C16H19N3O3. The number of benzene rings is 1. The van der Waals surface area contributed by atoms with Gasteiger partial charge in [-0.05, 0) is 24.3 Å². The van der Waals surface area contributed by atoms with E-state index in [1.54, 1.807) is 37.6 Å². The van der Waals surface area contributed by atoms with Crippen LogP contribution in [0.25, 0.3) is 0 Å². The predicted octanol–water partition coefficient (Wildman–Crippen LogP) is 2.42. The van der Waals surface area contributed by atoms with Gasteiger partial charge in [0.05, 0.1) is 31.7 Å². The largest absolute Gasteiger partial charge is 0.497 e. The van der Waals surface area contributed by atoms with Crippen molar-refractivity contribution in [2.24, 2.45) is 0 Å². The summed E-state index contributed by atoms with van der Waals surface area (Å²) in [5.41, 5.74) is 1.05. The van der Waals surface area contributed by atoms with Gasteiger partial charge in [0.25, 0.3) is 5.91 Å². The third-order valence-electron chi connectivity index (χ3n) is 3.12. The summed E-state index contributed by atoms with van der Waals surface area (Å²) in [7, 11) is 6.89. The van der Waals surface area contributed by atoms with Crippen molar-refractivity contribution in [1.29, 1.82) is 0 Å². The fraction of sp³-hybridized carbons (Fsp3) is 0.250. The van der Waals surface area contributed by atoms with Crippen LogP contribution in [0.2, 0.25) is 0 Å². The van der Waals surface area contributed by atoms with Crippen molar-refractivity contribution in [2.75, 3.05) is 38.5 Å². The Hall–Kier alpha value is -2.76. The minimum Gasteiger partial charge on any atom is -0.497 e. The van der Waals surface area contributed by atoms with Crippen LogP contribution in [0.5, 0.6) is 11.5 Å². The number of amides is 1. The van der Waals surface area contributed by atoms with Crippen LogP contribution in [0.15, 0.2) is 36.5 Å². The minimum atomic E-state index is -0.265. The zero-order valence-electron chi connectivity index (χ0n) is 13.1. The molecule has 22 heavy (non-hydrogen) atoms. The molecule has 2 aromatic rings. The molecule has 0 fully saturated rings. The number of methoxy groups -OCH3 is 2. The minimum absolute atomic E-state index is 0.265. The molecule has 0 radical (unpaired) electrons. The number of ether oxygens (including phenoxy) is 2. The number of nitrogens with one attached hydrogen (secondary N) is 1. The number of pyridine rings is 1. The molecule has 0 bridgehead atoms. The van der Waals surface area contributed by atoms with Gasteiger partial charge in [-0.25, -0.2) is 4.98 Å². The Morgan fingerprint density at radius 2 is 1.91 bits per heavy atom. The zero-order valence-corrected chi connectivity index (χ0v) is 13.1. The van der Waals surface area contributed by atoms with Gasteiger partial charge in [0.2, 0.25) is 0 Å². The van der Waals surface area contributed by atoms with E-state index in [9.17, 15) is 4.79 Å². The number of anilines is 2. The number of hydrogen-bond acceptors (Lipinski definition) is 5. The van der Waals surface area contributed by atoms with E-state index >= 15 is 0 Å². The van der Waals surface area contributed by atoms with E-state index in [1.807, 2.05) is 25.1 Å². The third-order valence-corrected chi connectivity index (χ3v) is 3.12.